The largest absolute Gasteiger partial charge is 0.274 e. The fraction of sp³-hybridized carbons (Fsp3) is 0.429. The van der Waals surface area contributed by atoms with Crippen LogP contribution >= 0.6 is 12.6 Å². The Hall–Kier alpha value is -1.29. The SMILES string of the molecule is O=C1c2ccccc2C(=O)N1CCCCCCS. The van der Waals surface area contributed by atoms with Crippen molar-refractivity contribution >= 4 is 24.4 Å². The van der Waals surface area contributed by atoms with Crippen LogP contribution in [0.2, 0.25) is 0 Å². The van der Waals surface area contributed by atoms with Crippen molar-refractivity contribution in [1.82, 2.24) is 4.90 Å². The third kappa shape index (κ3) is 2.58. The molecule has 1 aromatic carbocycles. The second-order valence-corrected chi connectivity index (χ2v) is 4.89. The van der Waals surface area contributed by atoms with Gasteiger partial charge >= 0.3 is 0 Å². The highest BCUT2D eigenvalue weighted by Crippen LogP contribution is 2.22. The number of carbonyl (C=O) groups excluding carboxylic acids is 2. The van der Waals surface area contributed by atoms with E-state index in [0.29, 0.717) is 17.7 Å². The number of benzene rings is 1. The fourth-order valence-electron chi connectivity index (χ4n) is 2.18. The van der Waals surface area contributed by atoms with Crippen LogP contribution in [-0.4, -0.2) is 29.0 Å². The lowest BCUT2D eigenvalue weighted by atomic mass is 10.1. The number of imide groups is 1. The lowest BCUT2D eigenvalue weighted by Gasteiger charge is -2.13. The number of hydrogen-bond acceptors (Lipinski definition) is 3. The summed E-state index contributed by atoms with van der Waals surface area (Å²) in [6, 6.07) is 7.02. The molecule has 2 rings (SSSR count). The van der Waals surface area contributed by atoms with E-state index in [9.17, 15) is 9.59 Å². The van der Waals surface area contributed by atoms with Gasteiger partial charge in [-0.1, -0.05) is 25.0 Å². The van der Waals surface area contributed by atoms with E-state index >= 15 is 0 Å². The normalized spacial score (nSPS) is 14.2. The molecule has 1 aromatic rings. The maximum atomic E-state index is 12.0. The van der Waals surface area contributed by atoms with Crippen LogP contribution in [0.15, 0.2) is 24.3 Å². The zero-order valence-corrected chi connectivity index (χ0v) is 11.2. The molecule has 0 fully saturated rings. The van der Waals surface area contributed by atoms with Crippen LogP contribution in [0.25, 0.3) is 0 Å². The molecule has 0 saturated heterocycles. The zero-order chi connectivity index (χ0) is 13.0. The summed E-state index contributed by atoms with van der Waals surface area (Å²) in [4.78, 5) is 25.4. The van der Waals surface area contributed by atoms with Gasteiger partial charge in [0.25, 0.3) is 11.8 Å². The van der Waals surface area contributed by atoms with E-state index in [2.05, 4.69) is 12.6 Å². The van der Waals surface area contributed by atoms with Crippen molar-refractivity contribution in [1.29, 1.82) is 0 Å². The second kappa shape index (κ2) is 6.05. The van der Waals surface area contributed by atoms with E-state index < -0.39 is 0 Å². The van der Waals surface area contributed by atoms with Gasteiger partial charge in [-0.15, -0.1) is 0 Å². The van der Waals surface area contributed by atoms with Gasteiger partial charge in [0.1, 0.15) is 0 Å². The molecule has 1 aliphatic rings. The van der Waals surface area contributed by atoms with Gasteiger partial charge in [0, 0.05) is 6.54 Å². The second-order valence-electron chi connectivity index (χ2n) is 4.45. The summed E-state index contributed by atoms with van der Waals surface area (Å²) in [6.45, 7) is 0.527. The molecule has 0 saturated carbocycles. The molecule has 0 N–H and O–H groups in total. The number of carbonyl (C=O) groups is 2. The third-order valence-electron chi connectivity index (χ3n) is 3.17. The van der Waals surface area contributed by atoms with Gasteiger partial charge in [-0.3, -0.25) is 14.5 Å². The van der Waals surface area contributed by atoms with Crippen LogP contribution in [0.3, 0.4) is 0 Å². The third-order valence-corrected chi connectivity index (χ3v) is 3.48. The Morgan fingerprint density at radius 3 is 2.00 bits per heavy atom. The fourth-order valence-corrected chi connectivity index (χ4v) is 2.40. The number of unbranched alkanes of at least 4 members (excludes halogenated alkanes) is 3. The summed E-state index contributed by atoms with van der Waals surface area (Å²) in [7, 11) is 0. The van der Waals surface area contributed by atoms with Crippen molar-refractivity contribution in [3.05, 3.63) is 35.4 Å². The molecule has 0 atom stereocenters. The molecule has 96 valence electrons. The van der Waals surface area contributed by atoms with Crippen molar-refractivity contribution in [2.24, 2.45) is 0 Å². The zero-order valence-electron chi connectivity index (χ0n) is 10.3. The van der Waals surface area contributed by atoms with Crippen molar-refractivity contribution in [3.8, 4) is 0 Å². The molecule has 18 heavy (non-hydrogen) atoms. The van der Waals surface area contributed by atoms with Crippen LogP contribution in [0, 0.1) is 0 Å². The monoisotopic (exact) mass is 263 g/mol. The Bertz CT molecular complexity index is 424. The van der Waals surface area contributed by atoms with E-state index in [4.69, 9.17) is 0 Å². The van der Waals surface area contributed by atoms with E-state index in [1.807, 2.05) is 0 Å². The van der Waals surface area contributed by atoms with E-state index in [-0.39, 0.29) is 11.8 Å². The molecule has 0 radical (unpaired) electrons. The lowest BCUT2D eigenvalue weighted by Crippen LogP contribution is -2.30. The molecule has 1 heterocycles. The van der Waals surface area contributed by atoms with Crippen molar-refractivity contribution in [2.45, 2.75) is 25.7 Å². The van der Waals surface area contributed by atoms with Crippen LogP contribution in [-0.2, 0) is 0 Å². The number of thiol groups is 1. The minimum Gasteiger partial charge on any atom is -0.274 e. The summed E-state index contributed by atoms with van der Waals surface area (Å²) >= 11 is 4.15. The standard InChI is InChI=1S/C14H17NO2S/c16-13-11-7-3-4-8-12(11)14(17)15(13)9-5-1-2-6-10-18/h3-4,7-8,18H,1-2,5-6,9-10H2. The molecular weight excluding hydrogens is 246 g/mol. The predicted octanol–water partition coefficient (Wildman–Crippen LogP) is 2.77. The highest BCUT2D eigenvalue weighted by molar-refractivity contribution is 7.80. The summed E-state index contributed by atoms with van der Waals surface area (Å²) in [5, 5.41) is 0. The van der Waals surface area contributed by atoms with Crippen LogP contribution in [0.5, 0.6) is 0 Å². The average Bonchev–Trinajstić information content (AvgIpc) is 2.64. The van der Waals surface area contributed by atoms with Gasteiger partial charge < -0.3 is 0 Å². The van der Waals surface area contributed by atoms with Crippen LogP contribution < -0.4 is 0 Å². The maximum Gasteiger partial charge on any atom is 0.261 e. The summed E-state index contributed by atoms with van der Waals surface area (Å²) in [5.74, 6) is 0.599. The van der Waals surface area contributed by atoms with Gasteiger partial charge in [0.2, 0.25) is 0 Å². The molecule has 0 aliphatic carbocycles. The first kappa shape index (κ1) is 13.1. The number of fused-ring (bicyclic) bond motifs is 1. The molecular formula is C14H17NO2S. The molecule has 2 amide bonds. The van der Waals surface area contributed by atoms with E-state index in [1.54, 1.807) is 24.3 Å². The predicted molar refractivity (Wildman–Crippen MR) is 74.1 cm³/mol. The van der Waals surface area contributed by atoms with E-state index in [1.165, 1.54) is 4.90 Å². The lowest BCUT2D eigenvalue weighted by molar-refractivity contribution is 0.0651. The van der Waals surface area contributed by atoms with Crippen molar-refractivity contribution < 1.29 is 9.59 Å². The topological polar surface area (TPSA) is 37.4 Å². The van der Waals surface area contributed by atoms with Gasteiger partial charge in [-0.05, 0) is 30.7 Å². The molecule has 0 spiro atoms. The molecule has 4 heteroatoms. The molecule has 0 aromatic heterocycles. The van der Waals surface area contributed by atoms with Gasteiger partial charge in [-0.2, -0.15) is 12.6 Å². The molecule has 1 aliphatic heterocycles. The first-order valence-corrected chi connectivity index (χ1v) is 6.95. The Labute approximate surface area is 113 Å². The quantitative estimate of drug-likeness (QED) is 0.487. The minimum absolute atomic E-state index is 0.148. The van der Waals surface area contributed by atoms with Gasteiger partial charge in [-0.25, -0.2) is 0 Å². The smallest absolute Gasteiger partial charge is 0.261 e. The highest BCUT2D eigenvalue weighted by Gasteiger charge is 2.34. The Kier molecular flexibility index (Phi) is 4.42. The van der Waals surface area contributed by atoms with Crippen molar-refractivity contribution in [2.75, 3.05) is 12.3 Å². The first-order chi connectivity index (χ1) is 8.75. The van der Waals surface area contributed by atoms with Crippen LogP contribution in [0.4, 0.5) is 0 Å². The molecule has 0 unspecified atom stereocenters. The average molecular weight is 263 g/mol. The number of nitrogens with zero attached hydrogens (tertiary/aromatic N) is 1. The Morgan fingerprint density at radius 1 is 0.889 bits per heavy atom. The first-order valence-electron chi connectivity index (χ1n) is 6.32. The van der Waals surface area contributed by atoms with E-state index in [0.717, 1.165) is 31.4 Å². The summed E-state index contributed by atoms with van der Waals surface area (Å²) in [6.07, 6.45) is 4.10. The maximum absolute atomic E-state index is 12.0. The number of rotatable bonds is 6. The number of hydrogen-bond donors (Lipinski definition) is 1. The molecule has 0 bridgehead atoms. The molecule has 3 nitrogen and oxygen atoms in total. The highest BCUT2D eigenvalue weighted by atomic mass is 32.1. The van der Waals surface area contributed by atoms with Crippen LogP contribution in [0.1, 0.15) is 46.4 Å². The van der Waals surface area contributed by atoms with Gasteiger partial charge in [0.05, 0.1) is 11.1 Å². The van der Waals surface area contributed by atoms with Crippen molar-refractivity contribution in [3.63, 3.8) is 0 Å². The summed E-state index contributed by atoms with van der Waals surface area (Å²) in [5.41, 5.74) is 1.08. The summed E-state index contributed by atoms with van der Waals surface area (Å²) < 4.78 is 0. The minimum atomic E-state index is -0.148. The Morgan fingerprint density at radius 2 is 1.44 bits per heavy atom. The van der Waals surface area contributed by atoms with Gasteiger partial charge in [0.15, 0.2) is 0 Å². The Balaban J connectivity index is 1.93. The number of amides is 2.